The van der Waals surface area contributed by atoms with Crippen molar-refractivity contribution in [3.63, 3.8) is 0 Å². The van der Waals surface area contributed by atoms with E-state index in [4.69, 9.17) is 16.3 Å². The van der Waals surface area contributed by atoms with Crippen LogP contribution in [0.3, 0.4) is 0 Å². The lowest BCUT2D eigenvalue weighted by Gasteiger charge is -2.13. The Morgan fingerprint density at radius 3 is 2.64 bits per heavy atom. The Balaban J connectivity index is 1.88. The summed E-state index contributed by atoms with van der Waals surface area (Å²) >= 11 is 5.98. The summed E-state index contributed by atoms with van der Waals surface area (Å²) in [6.45, 7) is 5.85. The van der Waals surface area contributed by atoms with E-state index >= 15 is 0 Å². The molecule has 0 fully saturated rings. The van der Waals surface area contributed by atoms with E-state index in [-0.39, 0.29) is 5.91 Å². The van der Waals surface area contributed by atoms with Gasteiger partial charge < -0.3 is 10.1 Å². The third-order valence-electron chi connectivity index (χ3n) is 3.91. The zero-order chi connectivity index (χ0) is 20.7. The number of ether oxygens (including phenoxy) is 1. The molecule has 1 heterocycles. The molecule has 0 aliphatic rings. The largest absolute Gasteiger partial charge is 0.493 e. The molecule has 1 aromatic carbocycles. The summed E-state index contributed by atoms with van der Waals surface area (Å²) in [5.41, 5.74) is 1.63. The number of nitrogens with one attached hydrogen (secondary N) is 1. The summed E-state index contributed by atoms with van der Waals surface area (Å²) in [6, 6.07) is 8.25. The van der Waals surface area contributed by atoms with Crippen LogP contribution in [0.5, 0.6) is 5.75 Å². The molecule has 1 N–H and O–H groups in total. The van der Waals surface area contributed by atoms with Gasteiger partial charge in [-0.1, -0.05) is 31.5 Å². The van der Waals surface area contributed by atoms with E-state index in [0.29, 0.717) is 47.5 Å². The molecule has 0 saturated carbocycles. The summed E-state index contributed by atoms with van der Waals surface area (Å²) in [6.07, 6.45) is 1.77. The van der Waals surface area contributed by atoms with Crippen LogP contribution in [0.15, 0.2) is 36.5 Å². The van der Waals surface area contributed by atoms with Crippen molar-refractivity contribution in [2.75, 3.05) is 13.2 Å². The quantitative estimate of drug-likeness (QED) is 0.637. The average molecular weight is 411 g/mol. The Hall–Kier alpha value is -2.21. The Bertz CT molecular complexity index is 790. The van der Waals surface area contributed by atoms with Crippen LogP contribution in [0.25, 0.3) is 0 Å². The van der Waals surface area contributed by atoms with Crippen LogP contribution in [-0.4, -0.2) is 30.0 Å². The van der Waals surface area contributed by atoms with Crippen LogP contribution in [-0.2, 0) is 12.8 Å². The molecule has 0 saturated heterocycles. The Morgan fingerprint density at radius 1 is 1.29 bits per heavy atom. The van der Waals surface area contributed by atoms with Gasteiger partial charge in [-0.05, 0) is 48.2 Å². The van der Waals surface area contributed by atoms with Gasteiger partial charge in [0.1, 0.15) is 11.4 Å². The fourth-order valence-electron chi connectivity index (χ4n) is 2.49. The number of pyridine rings is 1. The maximum absolute atomic E-state index is 13.2. The lowest BCUT2D eigenvalue weighted by atomic mass is 10.1. The monoisotopic (exact) mass is 410 g/mol. The predicted molar refractivity (Wildman–Crippen MR) is 106 cm³/mol. The third-order valence-corrected chi connectivity index (χ3v) is 4.27. The van der Waals surface area contributed by atoms with Gasteiger partial charge in [0.05, 0.1) is 6.61 Å². The average Bonchev–Trinajstić information content (AvgIpc) is 2.61. The topological polar surface area (TPSA) is 51.2 Å². The fourth-order valence-corrected chi connectivity index (χ4v) is 2.68. The summed E-state index contributed by atoms with van der Waals surface area (Å²) in [4.78, 5) is 16.1. The number of amides is 1. The van der Waals surface area contributed by atoms with Gasteiger partial charge in [0, 0.05) is 30.6 Å². The number of hydrogen-bond acceptors (Lipinski definition) is 3. The van der Waals surface area contributed by atoms with Crippen molar-refractivity contribution in [1.82, 2.24) is 10.3 Å². The van der Waals surface area contributed by atoms with E-state index in [9.17, 15) is 13.6 Å². The molecule has 0 bridgehead atoms. The van der Waals surface area contributed by atoms with E-state index in [1.165, 1.54) is 0 Å². The van der Waals surface area contributed by atoms with E-state index in [2.05, 4.69) is 10.3 Å². The van der Waals surface area contributed by atoms with Crippen LogP contribution in [0.1, 0.15) is 42.4 Å². The number of aromatic nitrogens is 1. The second-order valence-corrected chi connectivity index (χ2v) is 7.66. The number of benzene rings is 1. The van der Waals surface area contributed by atoms with Gasteiger partial charge >= 0.3 is 0 Å². The highest BCUT2D eigenvalue weighted by Gasteiger charge is 2.23. The van der Waals surface area contributed by atoms with E-state index in [1.54, 1.807) is 30.5 Å². The van der Waals surface area contributed by atoms with Gasteiger partial charge in [-0.25, -0.2) is 8.78 Å². The normalized spacial score (nSPS) is 11.5. The number of rotatable bonds is 9. The fraction of sp³-hybridized carbons (Fsp3) is 0.429. The van der Waals surface area contributed by atoms with Crippen molar-refractivity contribution < 1.29 is 18.3 Å². The maximum Gasteiger partial charge on any atom is 0.269 e. The van der Waals surface area contributed by atoms with E-state index < -0.39 is 12.3 Å². The summed E-state index contributed by atoms with van der Waals surface area (Å²) in [7, 11) is 0. The Labute approximate surface area is 169 Å². The van der Waals surface area contributed by atoms with Crippen molar-refractivity contribution in [1.29, 1.82) is 0 Å². The molecule has 28 heavy (non-hydrogen) atoms. The first-order valence-corrected chi connectivity index (χ1v) is 9.54. The molecule has 1 aromatic heterocycles. The minimum absolute atomic E-state index is 0.196. The Morgan fingerprint density at radius 2 is 2.04 bits per heavy atom. The van der Waals surface area contributed by atoms with Gasteiger partial charge in [-0.2, -0.15) is 0 Å². The molecule has 1 amide bonds. The van der Waals surface area contributed by atoms with Gasteiger partial charge in [0.2, 0.25) is 5.92 Å². The molecule has 0 spiro atoms. The van der Waals surface area contributed by atoms with Crippen molar-refractivity contribution in [2.45, 2.75) is 39.5 Å². The van der Waals surface area contributed by atoms with Crippen LogP contribution in [0.2, 0.25) is 5.02 Å². The first-order valence-electron chi connectivity index (χ1n) is 9.16. The summed E-state index contributed by atoms with van der Waals surface area (Å²) < 4.78 is 32.1. The third kappa shape index (κ3) is 7.43. The van der Waals surface area contributed by atoms with Gasteiger partial charge in [-0.15, -0.1) is 0 Å². The van der Waals surface area contributed by atoms with Crippen LogP contribution < -0.4 is 10.1 Å². The van der Waals surface area contributed by atoms with Crippen LogP contribution >= 0.6 is 11.6 Å². The highest BCUT2D eigenvalue weighted by atomic mass is 35.5. The minimum atomic E-state index is -2.84. The molecule has 2 rings (SSSR count). The smallest absolute Gasteiger partial charge is 0.269 e. The number of alkyl halides is 2. The predicted octanol–water partition coefficient (Wildman–Crippen LogP) is 4.94. The second kappa shape index (κ2) is 9.82. The van der Waals surface area contributed by atoms with E-state index in [1.807, 2.05) is 19.9 Å². The number of nitrogens with zero attached hydrogens (tertiary/aromatic N) is 1. The number of hydrogen-bond donors (Lipinski definition) is 1. The van der Waals surface area contributed by atoms with Crippen molar-refractivity contribution in [3.8, 4) is 5.75 Å². The highest BCUT2D eigenvalue weighted by molar-refractivity contribution is 6.31. The molecule has 7 heteroatoms. The molecule has 0 aliphatic carbocycles. The number of carbonyl (C=O) groups excluding carboxylic acids is 1. The van der Waals surface area contributed by atoms with Gasteiger partial charge in [0.25, 0.3) is 5.91 Å². The summed E-state index contributed by atoms with van der Waals surface area (Å²) in [5, 5.41) is 3.11. The molecule has 0 atom stereocenters. The molecular formula is C21H25ClF2N2O2. The van der Waals surface area contributed by atoms with Crippen LogP contribution in [0, 0.1) is 5.92 Å². The first kappa shape index (κ1) is 22.1. The van der Waals surface area contributed by atoms with Crippen molar-refractivity contribution >= 4 is 17.5 Å². The molecule has 152 valence electrons. The lowest BCUT2D eigenvalue weighted by Crippen LogP contribution is -2.28. The van der Waals surface area contributed by atoms with Crippen molar-refractivity contribution in [2.24, 2.45) is 5.92 Å². The molecule has 0 aliphatic heterocycles. The van der Waals surface area contributed by atoms with E-state index in [0.717, 1.165) is 12.5 Å². The second-order valence-electron chi connectivity index (χ2n) is 7.25. The molecule has 4 nitrogen and oxygen atoms in total. The Kier molecular flexibility index (Phi) is 7.75. The van der Waals surface area contributed by atoms with Gasteiger partial charge in [-0.3, -0.25) is 9.78 Å². The number of carbonyl (C=O) groups is 1. The highest BCUT2D eigenvalue weighted by Crippen LogP contribution is 2.28. The number of halogens is 3. The molecule has 2 aromatic rings. The molecule has 0 unspecified atom stereocenters. The molecule has 0 radical (unpaired) electrons. The maximum atomic E-state index is 13.2. The van der Waals surface area contributed by atoms with Crippen molar-refractivity contribution in [3.05, 3.63) is 58.4 Å². The lowest BCUT2D eigenvalue weighted by molar-refractivity contribution is 0.0226. The molecular weight excluding hydrogens is 386 g/mol. The zero-order valence-corrected chi connectivity index (χ0v) is 17.0. The minimum Gasteiger partial charge on any atom is -0.493 e. The van der Waals surface area contributed by atoms with Gasteiger partial charge in [0.15, 0.2) is 0 Å². The summed E-state index contributed by atoms with van der Waals surface area (Å²) in [5.74, 6) is -2.17. The standard InChI is InChI=1S/C21H25ClF2N2O2/c1-14(2)12-26-20(27)19-7-4-15(13-25-19)8-9-28-17-5-6-18(22)16(10-17)11-21(3,23)24/h4-7,10,13-14H,8-9,11-12H2,1-3H3,(H,26,27). The SMILES string of the molecule is CC(C)CNC(=O)c1ccc(CCOc2ccc(Cl)c(CC(C)(F)F)c2)cn1. The zero-order valence-electron chi connectivity index (χ0n) is 16.3. The first-order chi connectivity index (χ1) is 13.1. The van der Waals surface area contributed by atoms with Crippen LogP contribution in [0.4, 0.5) is 8.78 Å².